The number of anilines is 1. The van der Waals surface area contributed by atoms with Crippen LogP contribution < -0.4 is 10.8 Å². The van der Waals surface area contributed by atoms with Gasteiger partial charge in [0.1, 0.15) is 5.82 Å². The molecule has 7 heteroatoms. The van der Waals surface area contributed by atoms with Crippen LogP contribution in [0.15, 0.2) is 30.6 Å². The van der Waals surface area contributed by atoms with Crippen LogP contribution in [0.4, 0.5) is 10.3 Å². The second-order valence-corrected chi connectivity index (χ2v) is 5.47. The molecular formula is C15H17FN4O2. The molecule has 0 radical (unpaired) electrons. The first-order valence-corrected chi connectivity index (χ1v) is 6.65. The minimum Gasteiger partial charge on any atom is -0.345 e. The summed E-state index contributed by atoms with van der Waals surface area (Å²) in [6.45, 7) is 5.43. The van der Waals surface area contributed by atoms with Gasteiger partial charge in [0.25, 0.3) is 5.91 Å². The van der Waals surface area contributed by atoms with Crippen molar-refractivity contribution in [2.24, 2.45) is 0 Å². The lowest BCUT2D eigenvalue weighted by Gasteiger charge is -2.27. The van der Waals surface area contributed by atoms with Gasteiger partial charge in [-0.15, -0.1) is 0 Å². The van der Waals surface area contributed by atoms with E-state index in [1.807, 2.05) is 13.0 Å². The van der Waals surface area contributed by atoms with Gasteiger partial charge >= 0.3 is 0 Å². The molecule has 0 aliphatic carbocycles. The molecule has 1 amide bonds. The SMILES string of the molecule is Cc1ccc(C(C)(C)Nc2ncc(C(=O)NO)cn2)c(F)c1. The van der Waals surface area contributed by atoms with Gasteiger partial charge in [-0.25, -0.2) is 19.8 Å². The first-order chi connectivity index (χ1) is 10.3. The van der Waals surface area contributed by atoms with Gasteiger partial charge in [-0.1, -0.05) is 12.1 Å². The molecule has 0 fully saturated rings. The Labute approximate surface area is 127 Å². The van der Waals surface area contributed by atoms with Gasteiger partial charge in [0.2, 0.25) is 5.95 Å². The molecule has 0 saturated heterocycles. The molecule has 2 rings (SSSR count). The average Bonchev–Trinajstić information content (AvgIpc) is 2.46. The third-order valence-electron chi connectivity index (χ3n) is 3.24. The Bertz CT molecular complexity index is 686. The Morgan fingerprint density at radius 3 is 2.45 bits per heavy atom. The largest absolute Gasteiger partial charge is 0.345 e. The molecule has 116 valence electrons. The van der Waals surface area contributed by atoms with Crippen molar-refractivity contribution in [1.82, 2.24) is 15.4 Å². The standard InChI is InChI=1S/C15H17FN4O2/c1-9-4-5-11(12(16)6-9)15(2,3)19-14-17-7-10(8-18-14)13(21)20-22/h4-8,22H,1-3H3,(H,20,21)(H,17,18,19). The van der Waals surface area contributed by atoms with Crippen LogP contribution in [-0.4, -0.2) is 21.1 Å². The number of hydroxylamine groups is 1. The monoisotopic (exact) mass is 304 g/mol. The van der Waals surface area contributed by atoms with E-state index in [4.69, 9.17) is 5.21 Å². The Kier molecular flexibility index (Phi) is 4.37. The Morgan fingerprint density at radius 1 is 1.27 bits per heavy atom. The fraction of sp³-hybridized carbons (Fsp3) is 0.267. The summed E-state index contributed by atoms with van der Waals surface area (Å²) < 4.78 is 14.1. The van der Waals surface area contributed by atoms with Crippen molar-refractivity contribution in [1.29, 1.82) is 0 Å². The molecular weight excluding hydrogens is 287 g/mol. The number of carbonyl (C=O) groups excluding carboxylic acids is 1. The molecule has 1 aromatic heterocycles. The van der Waals surface area contributed by atoms with E-state index in [2.05, 4.69) is 15.3 Å². The molecule has 3 N–H and O–H groups in total. The third kappa shape index (κ3) is 3.37. The summed E-state index contributed by atoms with van der Waals surface area (Å²) in [5.41, 5.74) is 2.20. The number of aryl methyl sites for hydroxylation is 1. The Hall–Kier alpha value is -2.54. The van der Waals surface area contributed by atoms with Crippen LogP contribution >= 0.6 is 0 Å². The van der Waals surface area contributed by atoms with Crippen LogP contribution in [0, 0.1) is 12.7 Å². The van der Waals surface area contributed by atoms with Gasteiger partial charge < -0.3 is 5.32 Å². The van der Waals surface area contributed by atoms with Crippen LogP contribution in [0.2, 0.25) is 0 Å². The van der Waals surface area contributed by atoms with Gasteiger partial charge in [-0.05, 0) is 32.4 Å². The van der Waals surface area contributed by atoms with E-state index in [-0.39, 0.29) is 17.3 Å². The number of hydrogen-bond acceptors (Lipinski definition) is 5. The van der Waals surface area contributed by atoms with E-state index >= 15 is 0 Å². The van der Waals surface area contributed by atoms with Crippen LogP contribution in [0.5, 0.6) is 0 Å². The number of benzene rings is 1. The number of amides is 1. The summed E-state index contributed by atoms with van der Waals surface area (Å²) in [5, 5.41) is 11.6. The quantitative estimate of drug-likeness (QED) is 0.596. The smallest absolute Gasteiger partial charge is 0.277 e. The second-order valence-electron chi connectivity index (χ2n) is 5.47. The molecule has 1 heterocycles. The highest BCUT2D eigenvalue weighted by molar-refractivity contribution is 5.92. The zero-order valence-corrected chi connectivity index (χ0v) is 12.5. The molecule has 0 atom stereocenters. The van der Waals surface area contributed by atoms with Crippen molar-refractivity contribution < 1.29 is 14.4 Å². The maximum absolute atomic E-state index is 14.1. The summed E-state index contributed by atoms with van der Waals surface area (Å²) in [7, 11) is 0. The van der Waals surface area contributed by atoms with Crippen molar-refractivity contribution in [3.63, 3.8) is 0 Å². The van der Waals surface area contributed by atoms with E-state index in [0.29, 0.717) is 5.56 Å². The fourth-order valence-electron chi connectivity index (χ4n) is 2.05. The van der Waals surface area contributed by atoms with Crippen molar-refractivity contribution in [2.45, 2.75) is 26.3 Å². The van der Waals surface area contributed by atoms with Crippen LogP contribution in [0.3, 0.4) is 0 Å². The molecule has 0 spiro atoms. The summed E-state index contributed by atoms with van der Waals surface area (Å²) in [6.07, 6.45) is 2.53. The summed E-state index contributed by atoms with van der Waals surface area (Å²) in [6, 6.07) is 5.01. The van der Waals surface area contributed by atoms with E-state index < -0.39 is 11.4 Å². The number of halogens is 1. The molecule has 2 aromatic rings. The van der Waals surface area contributed by atoms with Crippen molar-refractivity contribution >= 4 is 11.9 Å². The van der Waals surface area contributed by atoms with E-state index in [0.717, 1.165) is 5.56 Å². The molecule has 22 heavy (non-hydrogen) atoms. The lowest BCUT2D eigenvalue weighted by Crippen LogP contribution is -2.30. The number of nitrogens with zero attached hydrogens (tertiary/aromatic N) is 2. The maximum atomic E-state index is 14.1. The number of hydrogen-bond donors (Lipinski definition) is 3. The van der Waals surface area contributed by atoms with Gasteiger partial charge in [-0.2, -0.15) is 0 Å². The predicted octanol–water partition coefficient (Wildman–Crippen LogP) is 2.39. The van der Waals surface area contributed by atoms with E-state index in [1.54, 1.807) is 19.9 Å². The number of nitrogens with one attached hydrogen (secondary N) is 2. The van der Waals surface area contributed by atoms with Crippen molar-refractivity contribution in [3.8, 4) is 0 Å². The highest BCUT2D eigenvalue weighted by Gasteiger charge is 2.25. The van der Waals surface area contributed by atoms with Gasteiger partial charge in [0, 0.05) is 18.0 Å². The van der Waals surface area contributed by atoms with Gasteiger partial charge in [0.15, 0.2) is 0 Å². The van der Waals surface area contributed by atoms with Crippen LogP contribution in [-0.2, 0) is 5.54 Å². The zero-order valence-electron chi connectivity index (χ0n) is 12.5. The molecule has 0 aliphatic rings. The molecule has 6 nitrogen and oxygen atoms in total. The lowest BCUT2D eigenvalue weighted by atomic mass is 9.93. The second kappa shape index (κ2) is 6.07. The zero-order chi connectivity index (χ0) is 16.3. The predicted molar refractivity (Wildman–Crippen MR) is 79.1 cm³/mol. The van der Waals surface area contributed by atoms with Crippen LogP contribution in [0.25, 0.3) is 0 Å². The molecule has 0 unspecified atom stereocenters. The number of rotatable bonds is 4. The summed E-state index contributed by atoms with van der Waals surface area (Å²) >= 11 is 0. The maximum Gasteiger partial charge on any atom is 0.277 e. The summed E-state index contributed by atoms with van der Waals surface area (Å²) in [5.74, 6) is -0.761. The normalized spacial score (nSPS) is 11.1. The van der Waals surface area contributed by atoms with Gasteiger partial charge in [-0.3, -0.25) is 10.0 Å². The van der Waals surface area contributed by atoms with E-state index in [1.165, 1.54) is 23.9 Å². The topological polar surface area (TPSA) is 87.1 Å². The minimum atomic E-state index is -0.738. The van der Waals surface area contributed by atoms with E-state index in [9.17, 15) is 9.18 Å². The highest BCUT2D eigenvalue weighted by Crippen LogP contribution is 2.26. The highest BCUT2D eigenvalue weighted by atomic mass is 19.1. The third-order valence-corrected chi connectivity index (χ3v) is 3.24. The fourth-order valence-corrected chi connectivity index (χ4v) is 2.05. The van der Waals surface area contributed by atoms with Gasteiger partial charge in [0.05, 0.1) is 11.1 Å². The first-order valence-electron chi connectivity index (χ1n) is 6.65. The molecule has 0 bridgehead atoms. The number of carbonyl (C=O) groups is 1. The molecule has 1 aromatic carbocycles. The minimum absolute atomic E-state index is 0.118. The van der Waals surface area contributed by atoms with Crippen molar-refractivity contribution in [2.75, 3.05) is 5.32 Å². The Morgan fingerprint density at radius 2 is 1.91 bits per heavy atom. The molecule has 0 saturated carbocycles. The first kappa shape index (κ1) is 15.8. The summed E-state index contributed by atoms with van der Waals surface area (Å²) in [4.78, 5) is 19.2. The van der Waals surface area contributed by atoms with Crippen molar-refractivity contribution in [3.05, 3.63) is 53.1 Å². The average molecular weight is 304 g/mol. The Balaban J connectivity index is 2.22. The lowest BCUT2D eigenvalue weighted by molar-refractivity contribution is 0.0705. The number of aromatic nitrogens is 2. The molecule has 0 aliphatic heterocycles. The van der Waals surface area contributed by atoms with Crippen LogP contribution in [0.1, 0.15) is 35.3 Å².